The first-order valence-corrected chi connectivity index (χ1v) is 8.96. The summed E-state index contributed by atoms with van der Waals surface area (Å²) in [6.07, 6.45) is 4.06. The Balaban J connectivity index is 1.77. The number of ether oxygens (including phenoxy) is 1. The molecule has 1 saturated heterocycles. The van der Waals surface area contributed by atoms with Crippen LogP contribution in [0.4, 0.5) is 0 Å². The van der Waals surface area contributed by atoms with Crippen LogP contribution in [0.2, 0.25) is 0 Å². The minimum absolute atomic E-state index is 0.00659. The highest BCUT2D eigenvalue weighted by molar-refractivity contribution is 7.89. The summed E-state index contributed by atoms with van der Waals surface area (Å²) < 4.78 is 32.1. The molecule has 1 saturated carbocycles. The van der Waals surface area contributed by atoms with E-state index >= 15 is 0 Å². The molecular weight excluding hydrogens is 280 g/mol. The van der Waals surface area contributed by atoms with E-state index in [2.05, 4.69) is 4.72 Å². The molecule has 116 valence electrons. The fourth-order valence-corrected chi connectivity index (χ4v) is 4.41. The molecule has 0 unspecified atom stereocenters. The Morgan fingerprint density at radius 3 is 2.70 bits per heavy atom. The molecule has 20 heavy (non-hydrogen) atoms. The molecule has 0 aromatic heterocycles. The molecule has 0 aromatic rings. The lowest BCUT2D eigenvalue weighted by Gasteiger charge is -2.32. The molecule has 0 bridgehead atoms. The van der Waals surface area contributed by atoms with Crippen LogP contribution < -0.4 is 4.72 Å². The van der Waals surface area contributed by atoms with Gasteiger partial charge in [-0.25, -0.2) is 13.1 Å². The van der Waals surface area contributed by atoms with E-state index in [1.165, 1.54) is 6.92 Å². The van der Waals surface area contributed by atoms with Crippen molar-refractivity contribution < 1.29 is 17.9 Å². The summed E-state index contributed by atoms with van der Waals surface area (Å²) in [5.74, 6) is 0.525. The van der Waals surface area contributed by atoms with Crippen molar-refractivity contribution in [3.05, 3.63) is 0 Å². The van der Waals surface area contributed by atoms with Crippen LogP contribution in [-0.4, -0.2) is 57.3 Å². The molecule has 0 aromatic carbocycles. The van der Waals surface area contributed by atoms with Crippen molar-refractivity contribution in [2.45, 2.75) is 38.7 Å². The van der Waals surface area contributed by atoms with E-state index in [9.17, 15) is 13.2 Å². The van der Waals surface area contributed by atoms with Crippen molar-refractivity contribution in [3.63, 3.8) is 0 Å². The third kappa shape index (κ3) is 4.71. The van der Waals surface area contributed by atoms with Crippen LogP contribution in [-0.2, 0) is 19.6 Å². The van der Waals surface area contributed by atoms with Crippen molar-refractivity contribution >= 4 is 15.9 Å². The Morgan fingerprint density at radius 1 is 1.35 bits per heavy atom. The summed E-state index contributed by atoms with van der Waals surface area (Å²) in [5.41, 5.74) is 0. The van der Waals surface area contributed by atoms with Gasteiger partial charge in [0, 0.05) is 26.6 Å². The van der Waals surface area contributed by atoms with Crippen molar-refractivity contribution in [1.29, 1.82) is 0 Å². The Kier molecular flexibility index (Phi) is 5.40. The Labute approximate surface area is 120 Å². The summed E-state index contributed by atoms with van der Waals surface area (Å²) in [6, 6.07) is 0. The number of carbonyl (C=O) groups is 1. The average Bonchev–Trinajstić information content (AvgIpc) is 2.89. The van der Waals surface area contributed by atoms with Crippen LogP contribution in [0.1, 0.15) is 32.6 Å². The molecule has 1 amide bonds. The SMILES string of the molecule is CC(=O)N1CCO[C@H](CNS(=O)(=O)CC2CCCC2)C1. The fourth-order valence-electron chi connectivity index (χ4n) is 2.90. The largest absolute Gasteiger partial charge is 0.373 e. The van der Waals surface area contributed by atoms with Crippen LogP contribution in [0.5, 0.6) is 0 Å². The Bertz CT molecular complexity index is 432. The Morgan fingerprint density at radius 2 is 2.05 bits per heavy atom. The first-order chi connectivity index (χ1) is 9.46. The zero-order chi connectivity index (χ0) is 14.6. The maximum atomic E-state index is 12.0. The predicted octanol–water partition coefficient (Wildman–Crippen LogP) is 0.343. The smallest absolute Gasteiger partial charge is 0.219 e. The van der Waals surface area contributed by atoms with E-state index in [-0.39, 0.29) is 24.3 Å². The van der Waals surface area contributed by atoms with Crippen LogP contribution in [0.3, 0.4) is 0 Å². The van der Waals surface area contributed by atoms with Crippen LogP contribution in [0, 0.1) is 5.92 Å². The lowest BCUT2D eigenvalue weighted by Crippen LogP contribution is -2.49. The highest BCUT2D eigenvalue weighted by Crippen LogP contribution is 2.25. The van der Waals surface area contributed by atoms with E-state index < -0.39 is 10.0 Å². The molecule has 0 radical (unpaired) electrons. The van der Waals surface area contributed by atoms with Gasteiger partial charge in [0.2, 0.25) is 15.9 Å². The summed E-state index contributed by atoms with van der Waals surface area (Å²) in [5, 5.41) is 0. The van der Waals surface area contributed by atoms with E-state index in [1.807, 2.05) is 0 Å². The molecule has 6 nitrogen and oxygen atoms in total. The summed E-state index contributed by atoms with van der Waals surface area (Å²) in [4.78, 5) is 13.0. The zero-order valence-corrected chi connectivity index (χ0v) is 12.8. The molecule has 2 aliphatic rings. The monoisotopic (exact) mass is 304 g/mol. The predicted molar refractivity (Wildman–Crippen MR) is 75.7 cm³/mol. The quantitative estimate of drug-likeness (QED) is 0.795. The van der Waals surface area contributed by atoms with Crippen molar-refractivity contribution in [2.24, 2.45) is 5.92 Å². The van der Waals surface area contributed by atoms with Gasteiger partial charge in [-0.05, 0) is 18.8 Å². The highest BCUT2D eigenvalue weighted by atomic mass is 32.2. The van der Waals surface area contributed by atoms with Crippen molar-refractivity contribution in [3.8, 4) is 0 Å². The molecule has 2 rings (SSSR count). The van der Waals surface area contributed by atoms with Crippen molar-refractivity contribution in [2.75, 3.05) is 32.0 Å². The van der Waals surface area contributed by atoms with Gasteiger partial charge in [-0.1, -0.05) is 12.8 Å². The van der Waals surface area contributed by atoms with Gasteiger partial charge in [-0.2, -0.15) is 0 Å². The lowest BCUT2D eigenvalue weighted by atomic mass is 10.1. The van der Waals surface area contributed by atoms with E-state index in [0.29, 0.717) is 25.6 Å². The van der Waals surface area contributed by atoms with Crippen molar-refractivity contribution in [1.82, 2.24) is 9.62 Å². The zero-order valence-electron chi connectivity index (χ0n) is 12.0. The summed E-state index contributed by atoms with van der Waals surface area (Å²) in [7, 11) is -3.24. The van der Waals surface area contributed by atoms with Gasteiger partial charge in [0.15, 0.2) is 0 Å². The molecule has 1 atom stereocenters. The minimum atomic E-state index is -3.24. The number of rotatable bonds is 5. The highest BCUT2D eigenvalue weighted by Gasteiger charge is 2.26. The number of carbonyl (C=O) groups excluding carboxylic acids is 1. The second kappa shape index (κ2) is 6.87. The van der Waals surface area contributed by atoms with Gasteiger partial charge in [-0.15, -0.1) is 0 Å². The van der Waals surface area contributed by atoms with E-state index in [1.54, 1.807) is 4.90 Å². The molecule has 1 heterocycles. The van der Waals surface area contributed by atoms with Gasteiger partial charge in [0.1, 0.15) is 0 Å². The minimum Gasteiger partial charge on any atom is -0.373 e. The topological polar surface area (TPSA) is 75.7 Å². The molecular formula is C13H24N2O4S. The first kappa shape index (κ1) is 15.7. The normalized spacial score (nSPS) is 25.1. The molecule has 0 spiro atoms. The molecule has 1 aliphatic carbocycles. The molecule has 7 heteroatoms. The van der Waals surface area contributed by atoms with Gasteiger partial charge in [0.05, 0.1) is 18.5 Å². The van der Waals surface area contributed by atoms with Gasteiger partial charge in [0.25, 0.3) is 0 Å². The summed E-state index contributed by atoms with van der Waals surface area (Å²) >= 11 is 0. The second-order valence-electron chi connectivity index (χ2n) is 5.74. The van der Waals surface area contributed by atoms with Gasteiger partial charge in [-0.3, -0.25) is 4.79 Å². The summed E-state index contributed by atoms with van der Waals surface area (Å²) in [6.45, 7) is 3.28. The number of nitrogens with zero attached hydrogens (tertiary/aromatic N) is 1. The van der Waals surface area contributed by atoms with E-state index in [4.69, 9.17) is 4.74 Å². The number of amides is 1. The van der Waals surface area contributed by atoms with Crippen LogP contribution in [0.25, 0.3) is 0 Å². The number of nitrogens with one attached hydrogen (secondary N) is 1. The van der Waals surface area contributed by atoms with Crippen LogP contribution in [0.15, 0.2) is 0 Å². The maximum Gasteiger partial charge on any atom is 0.219 e. The van der Waals surface area contributed by atoms with E-state index in [0.717, 1.165) is 25.7 Å². The number of morpholine rings is 1. The first-order valence-electron chi connectivity index (χ1n) is 7.31. The Hall–Kier alpha value is -0.660. The second-order valence-corrected chi connectivity index (χ2v) is 7.59. The lowest BCUT2D eigenvalue weighted by molar-refractivity contribution is -0.136. The third-order valence-electron chi connectivity index (χ3n) is 4.04. The molecule has 2 fully saturated rings. The number of hydrogen-bond donors (Lipinski definition) is 1. The van der Waals surface area contributed by atoms with Gasteiger partial charge < -0.3 is 9.64 Å². The molecule has 1 N–H and O–H groups in total. The maximum absolute atomic E-state index is 12.0. The third-order valence-corrected chi connectivity index (χ3v) is 5.56. The fraction of sp³-hybridized carbons (Fsp3) is 0.923. The number of hydrogen-bond acceptors (Lipinski definition) is 4. The standard InChI is InChI=1S/C13H24N2O4S/c1-11(16)15-6-7-19-13(9-15)8-14-20(17,18)10-12-4-2-3-5-12/h12-14H,2-10H2,1H3/t13-/m1/s1. The van der Waals surface area contributed by atoms with Crippen LogP contribution >= 0.6 is 0 Å². The van der Waals surface area contributed by atoms with Gasteiger partial charge >= 0.3 is 0 Å². The molecule has 1 aliphatic heterocycles. The number of sulfonamides is 1. The average molecular weight is 304 g/mol.